The van der Waals surface area contributed by atoms with Gasteiger partial charge in [0.2, 0.25) is 0 Å². The van der Waals surface area contributed by atoms with E-state index in [9.17, 15) is 0 Å². The Kier molecular flexibility index (Phi) is 6.36. The Hall–Kier alpha value is -4.30. The van der Waals surface area contributed by atoms with Gasteiger partial charge in [-0.15, -0.1) is 0 Å². The molecule has 0 heterocycles. The van der Waals surface area contributed by atoms with Crippen molar-refractivity contribution >= 4 is 34.1 Å². The first-order valence-electron chi connectivity index (χ1n) is 12.1. The summed E-state index contributed by atoms with van der Waals surface area (Å²) in [4.78, 5) is 4.75. The molecule has 5 aromatic rings. The van der Waals surface area contributed by atoms with Gasteiger partial charge in [-0.1, -0.05) is 78.9 Å². The van der Waals surface area contributed by atoms with E-state index < -0.39 is 0 Å². The van der Waals surface area contributed by atoms with Gasteiger partial charge in [0.15, 0.2) is 0 Å². The second kappa shape index (κ2) is 9.90. The van der Waals surface area contributed by atoms with Crippen molar-refractivity contribution in [3.8, 4) is 0 Å². The summed E-state index contributed by atoms with van der Waals surface area (Å²) in [7, 11) is 0. The topological polar surface area (TPSA) is 6.48 Å². The molecule has 0 saturated heterocycles. The van der Waals surface area contributed by atoms with Gasteiger partial charge in [0.1, 0.15) is 0 Å². The van der Waals surface area contributed by atoms with E-state index in [0.29, 0.717) is 0 Å². The van der Waals surface area contributed by atoms with E-state index >= 15 is 0 Å². The Labute approximate surface area is 208 Å². The summed E-state index contributed by atoms with van der Waals surface area (Å²) < 4.78 is 0. The lowest BCUT2D eigenvalue weighted by Gasteiger charge is -2.34. The van der Waals surface area contributed by atoms with Gasteiger partial charge >= 0.3 is 0 Å². The lowest BCUT2D eigenvalue weighted by atomic mass is 9.98. The van der Waals surface area contributed by atoms with Crippen LogP contribution in [0, 0.1) is 20.8 Å². The number of rotatable bonds is 6. The van der Waals surface area contributed by atoms with Gasteiger partial charge in [0.05, 0.1) is 11.4 Å². The second-order valence-electron chi connectivity index (χ2n) is 8.85. The van der Waals surface area contributed by atoms with Crippen LogP contribution in [-0.4, -0.2) is 0 Å². The van der Waals surface area contributed by atoms with Crippen LogP contribution in [0.4, 0.5) is 34.1 Å². The fourth-order valence-electron chi connectivity index (χ4n) is 4.98. The Morgan fingerprint density at radius 1 is 0.371 bits per heavy atom. The lowest BCUT2D eigenvalue weighted by Crippen LogP contribution is -2.17. The van der Waals surface area contributed by atoms with E-state index in [1.165, 1.54) is 28.1 Å². The molecule has 0 fully saturated rings. The van der Waals surface area contributed by atoms with Gasteiger partial charge in [0, 0.05) is 22.7 Å². The summed E-state index contributed by atoms with van der Waals surface area (Å²) in [5.74, 6) is 0. The zero-order valence-corrected chi connectivity index (χ0v) is 20.5. The molecule has 0 aromatic heterocycles. The number of aryl methyl sites for hydroxylation is 2. The minimum Gasteiger partial charge on any atom is -0.310 e. The largest absolute Gasteiger partial charge is 0.310 e. The number of nitrogens with zero attached hydrogens (tertiary/aromatic N) is 2. The van der Waals surface area contributed by atoms with Gasteiger partial charge in [-0.05, 0) is 86.0 Å². The first-order chi connectivity index (χ1) is 17.1. The fourth-order valence-corrected chi connectivity index (χ4v) is 4.98. The number of hydrogen-bond donors (Lipinski definition) is 0. The van der Waals surface area contributed by atoms with Crippen molar-refractivity contribution in [1.29, 1.82) is 0 Å². The Bertz CT molecular complexity index is 1210. The Morgan fingerprint density at radius 3 is 0.886 bits per heavy atom. The highest BCUT2D eigenvalue weighted by Gasteiger charge is 2.24. The van der Waals surface area contributed by atoms with Crippen molar-refractivity contribution < 1.29 is 0 Å². The molecule has 0 amide bonds. The molecule has 2 nitrogen and oxygen atoms in total. The van der Waals surface area contributed by atoms with Gasteiger partial charge in [-0.25, -0.2) is 0 Å². The van der Waals surface area contributed by atoms with Crippen LogP contribution in [0.3, 0.4) is 0 Å². The smallest absolute Gasteiger partial charge is 0.0541 e. The van der Waals surface area contributed by atoms with Crippen molar-refractivity contribution in [2.75, 3.05) is 9.80 Å². The van der Waals surface area contributed by atoms with E-state index in [1.54, 1.807) is 0 Å². The van der Waals surface area contributed by atoms with Gasteiger partial charge in [0.25, 0.3) is 0 Å². The highest BCUT2D eigenvalue weighted by Crippen LogP contribution is 2.46. The minimum atomic E-state index is 1.14. The normalized spacial score (nSPS) is 10.7. The van der Waals surface area contributed by atoms with Crippen molar-refractivity contribution in [1.82, 2.24) is 0 Å². The Morgan fingerprint density at radius 2 is 0.629 bits per heavy atom. The van der Waals surface area contributed by atoms with E-state index in [0.717, 1.165) is 22.7 Å². The molecule has 0 saturated carbocycles. The van der Waals surface area contributed by atoms with E-state index in [-0.39, 0.29) is 0 Å². The molecule has 0 aliphatic heterocycles. The minimum absolute atomic E-state index is 1.14. The monoisotopic (exact) mass is 454 g/mol. The second-order valence-corrected chi connectivity index (χ2v) is 8.85. The van der Waals surface area contributed by atoms with Crippen LogP contribution in [0.2, 0.25) is 0 Å². The molecular formula is C33H30N2. The molecule has 0 atom stereocenters. The number of para-hydroxylation sites is 4. The average Bonchev–Trinajstić information content (AvgIpc) is 2.91. The van der Waals surface area contributed by atoms with Crippen molar-refractivity contribution in [2.24, 2.45) is 0 Å². The first kappa shape index (κ1) is 22.5. The summed E-state index contributed by atoms with van der Waals surface area (Å²) >= 11 is 0. The SMILES string of the molecule is Cc1cc(C)c(N(c2ccccc2)c2ccccc2)c(C)c1N(c1ccccc1)c1ccccc1. The molecule has 0 spiro atoms. The van der Waals surface area contributed by atoms with Crippen LogP contribution in [-0.2, 0) is 0 Å². The summed E-state index contributed by atoms with van der Waals surface area (Å²) in [5.41, 5.74) is 10.7. The maximum absolute atomic E-state index is 2.38. The molecule has 5 rings (SSSR count). The molecule has 0 radical (unpaired) electrons. The molecule has 172 valence electrons. The van der Waals surface area contributed by atoms with Crippen LogP contribution in [0.15, 0.2) is 127 Å². The van der Waals surface area contributed by atoms with Gasteiger partial charge < -0.3 is 9.80 Å². The average molecular weight is 455 g/mol. The predicted molar refractivity (Wildman–Crippen MR) is 150 cm³/mol. The van der Waals surface area contributed by atoms with Crippen LogP contribution >= 0.6 is 0 Å². The quantitative estimate of drug-likeness (QED) is 0.252. The third kappa shape index (κ3) is 4.43. The van der Waals surface area contributed by atoms with E-state index in [2.05, 4.69) is 158 Å². The summed E-state index contributed by atoms with van der Waals surface area (Å²) in [5, 5.41) is 0. The molecule has 0 aliphatic carbocycles. The van der Waals surface area contributed by atoms with Crippen LogP contribution in [0.5, 0.6) is 0 Å². The molecule has 0 aliphatic rings. The zero-order chi connectivity index (χ0) is 24.2. The summed E-state index contributed by atoms with van der Waals surface area (Å²) in [6.07, 6.45) is 0. The van der Waals surface area contributed by atoms with Crippen molar-refractivity contribution in [3.05, 3.63) is 144 Å². The highest BCUT2D eigenvalue weighted by molar-refractivity contribution is 5.89. The van der Waals surface area contributed by atoms with Crippen LogP contribution in [0.1, 0.15) is 16.7 Å². The molecule has 0 unspecified atom stereocenters. The van der Waals surface area contributed by atoms with Crippen LogP contribution < -0.4 is 9.80 Å². The molecule has 0 N–H and O–H groups in total. The third-order valence-electron chi connectivity index (χ3n) is 6.40. The molecular weight excluding hydrogens is 424 g/mol. The summed E-state index contributed by atoms with van der Waals surface area (Å²) in [6.45, 7) is 6.68. The molecule has 0 bridgehead atoms. The maximum Gasteiger partial charge on any atom is 0.0541 e. The Balaban J connectivity index is 1.79. The number of anilines is 6. The zero-order valence-electron chi connectivity index (χ0n) is 20.5. The van der Waals surface area contributed by atoms with Crippen LogP contribution in [0.25, 0.3) is 0 Å². The van der Waals surface area contributed by atoms with Crippen molar-refractivity contribution in [2.45, 2.75) is 20.8 Å². The maximum atomic E-state index is 2.38. The molecule has 5 aromatic carbocycles. The van der Waals surface area contributed by atoms with E-state index in [4.69, 9.17) is 0 Å². The fraction of sp³-hybridized carbons (Fsp3) is 0.0909. The number of benzene rings is 5. The number of hydrogen-bond acceptors (Lipinski definition) is 2. The lowest BCUT2D eigenvalue weighted by molar-refractivity contribution is 1.16. The van der Waals surface area contributed by atoms with Crippen molar-refractivity contribution in [3.63, 3.8) is 0 Å². The molecule has 2 heteroatoms. The first-order valence-corrected chi connectivity index (χ1v) is 12.1. The highest BCUT2D eigenvalue weighted by atomic mass is 15.2. The van der Waals surface area contributed by atoms with Gasteiger partial charge in [-0.3, -0.25) is 0 Å². The van der Waals surface area contributed by atoms with Gasteiger partial charge in [-0.2, -0.15) is 0 Å². The third-order valence-corrected chi connectivity index (χ3v) is 6.40. The van der Waals surface area contributed by atoms with E-state index in [1.807, 2.05) is 0 Å². The predicted octanol–water partition coefficient (Wildman–Crippen LogP) is 9.55. The summed E-state index contributed by atoms with van der Waals surface area (Å²) in [6, 6.07) is 44.8. The standard InChI is InChI=1S/C33H30N2/c1-25-24-26(2)33(35(30-20-12-6-13-21-30)31-22-14-7-15-23-31)27(3)32(25)34(28-16-8-4-9-17-28)29-18-10-5-11-19-29/h4-24H,1-3H3. The molecule has 35 heavy (non-hydrogen) atoms.